The van der Waals surface area contributed by atoms with E-state index in [1.807, 2.05) is 43.0 Å². The molecule has 0 spiro atoms. The lowest BCUT2D eigenvalue weighted by molar-refractivity contribution is -0.117. The zero-order valence-electron chi connectivity index (χ0n) is 17.3. The highest BCUT2D eigenvalue weighted by molar-refractivity contribution is 5.93. The summed E-state index contributed by atoms with van der Waals surface area (Å²) in [4.78, 5) is 29.8. The normalized spacial score (nSPS) is 10.8. The molecule has 0 unspecified atom stereocenters. The Morgan fingerprint density at radius 3 is 2.23 bits per heavy atom. The molecule has 0 aliphatic rings. The van der Waals surface area contributed by atoms with E-state index in [1.165, 1.54) is 6.92 Å². The van der Waals surface area contributed by atoms with Crippen molar-refractivity contribution in [3.63, 3.8) is 0 Å². The Balaban J connectivity index is 1.55. The number of hydrogen-bond acceptors (Lipinski definition) is 6. The Kier molecular flexibility index (Phi) is 6.92. The van der Waals surface area contributed by atoms with Crippen LogP contribution in [0.5, 0.6) is 0 Å². The van der Waals surface area contributed by atoms with Gasteiger partial charge in [-0.2, -0.15) is 4.98 Å². The third-order valence-electron chi connectivity index (χ3n) is 4.44. The van der Waals surface area contributed by atoms with Crippen LogP contribution in [0.2, 0.25) is 0 Å². The molecule has 0 aliphatic heterocycles. The van der Waals surface area contributed by atoms with Crippen LogP contribution in [0, 0.1) is 6.92 Å². The first-order valence-corrected chi connectivity index (χ1v) is 9.72. The van der Waals surface area contributed by atoms with Gasteiger partial charge in [0.15, 0.2) is 0 Å². The van der Waals surface area contributed by atoms with Crippen molar-refractivity contribution in [2.24, 2.45) is 0 Å². The lowest BCUT2D eigenvalue weighted by atomic mass is 10.1. The Morgan fingerprint density at radius 2 is 1.63 bits per heavy atom. The van der Waals surface area contributed by atoms with Gasteiger partial charge in [0, 0.05) is 23.9 Å². The van der Waals surface area contributed by atoms with E-state index in [-0.39, 0.29) is 18.4 Å². The molecule has 3 rings (SSSR count). The molecule has 0 aliphatic carbocycles. The number of carbonyl (C=O) groups excluding carboxylic acids is 2. The van der Waals surface area contributed by atoms with Gasteiger partial charge in [-0.15, -0.1) is 0 Å². The van der Waals surface area contributed by atoms with Crippen molar-refractivity contribution in [3.05, 3.63) is 60.0 Å². The van der Waals surface area contributed by atoms with Crippen molar-refractivity contribution in [2.75, 3.05) is 23.7 Å². The second-order valence-electron chi connectivity index (χ2n) is 6.99. The quantitative estimate of drug-likeness (QED) is 0.593. The number of likely N-dealkylation sites (N-methyl/N-ethyl adjacent to an activating group) is 1. The van der Waals surface area contributed by atoms with Crippen molar-refractivity contribution in [1.82, 2.24) is 15.0 Å². The molecule has 0 radical (unpaired) electrons. The third-order valence-corrected chi connectivity index (χ3v) is 4.44. The van der Waals surface area contributed by atoms with E-state index in [0.717, 1.165) is 11.1 Å². The van der Waals surface area contributed by atoms with Gasteiger partial charge in [-0.3, -0.25) is 14.5 Å². The fraction of sp³-hybridized carbons (Fsp3) is 0.273. The smallest absolute Gasteiger partial charge is 0.241 e. The second kappa shape index (κ2) is 9.80. The summed E-state index contributed by atoms with van der Waals surface area (Å²) >= 11 is 0. The van der Waals surface area contributed by atoms with Crippen molar-refractivity contribution < 1.29 is 14.1 Å². The van der Waals surface area contributed by atoms with Gasteiger partial charge in [0.1, 0.15) is 0 Å². The molecular weight excluding hydrogens is 382 g/mol. The topological polar surface area (TPSA) is 100 Å². The van der Waals surface area contributed by atoms with Crippen LogP contribution in [0.1, 0.15) is 25.3 Å². The third kappa shape index (κ3) is 5.99. The lowest BCUT2D eigenvalue weighted by Crippen LogP contribution is -2.32. The van der Waals surface area contributed by atoms with E-state index in [9.17, 15) is 9.59 Å². The predicted octanol–water partition coefficient (Wildman–Crippen LogP) is 3.46. The molecule has 2 N–H and O–H groups in total. The lowest BCUT2D eigenvalue weighted by Gasteiger charge is -2.17. The van der Waals surface area contributed by atoms with Gasteiger partial charge in [0.25, 0.3) is 0 Å². The number of hydrogen-bond donors (Lipinski definition) is 2. The predicted molar refractivity (Wildman–Crippen MR) is 115 cm³/mol. The molecule has 0 bridgehead atoms. The zero-order chi connectivity index (χ0) is 21.5. The number of carbonyl (C=O) groups is 2. The van der Waals surface area contributed by atoms with Crippen molar-refractivity contribution in [3.8, 4) is 11.4 Å². The standard InChI is InChI=1S/C22H25N5O3/c1-4-27(13-20(29)24-19-11-9-18(10-12-19)23-16(3)28)14-21-25-22(26-30-21)17-7-5-15(2)6-8-17/h5-12H,4,13-14H2,1-3H3,(H,23,28)(H,24,29). The Hall–Kier alpha value is -3.52. The number of benzene rings is 2. The summed E-state index contributed by atoms with van der Waals surface area (Å²) in [6.45, 7) is 6.65. The maximum atomic E-state index is 12.4. The average Bonchev–Trinajstić information content (AvgIpc) is 3.17. The Bertz CT molecular complexity index is 996. The van der Waals surface area contributed by atoms with Crippen LogP contribution in [0.4, 0.5) is 11.4 Å². The minimum absolute atomic E-state index is 0.142. The number of rotatable bonds is 8. The number of nitrogens with zero attached hydrogens (tertiary/aromatic N) is 3. The van der Waals surface area contributed by atoms with Gasteiger partial charge >= 0.3 is 0 Å². The number of amides is 2. The molecular formula is C22H25N5O3. The fourth-order valence-corrected chi connectivity index (χ4v) is 2.85. The molecule has 30 heavy (non-hydrogen) atoms. The summed E-state index contributed by atoms with van der Waals surface area (Å²) in [7, 11) is 0. The van der Waals surface area contributed by atoms with Crippen molar-refractivity contribution >= 4 is 23.2 Å². The van der Waals surface area contributed by atoms with Crippen LogP contribution in [0.3, 0.4) is 0 Å². The number of aromatic nitrogens is 2. The summed E-state index contributed by atoms with van der Waals surface area (Å²) in [6, 6.07) is 14.8. The molecule has 2 amide bonds. The number of anilines is 2. The minimum Gasteiger partial charge on any atom is -0.338 e. The van der Waals surface area contributed by atoms with Crippen LogP contribution >= 0.6 is 0 Å². The summed E-state index contributed by atoms with van der Waals surface area (Å²) in [5, 5.41) is 9.57. The largest absolute Gasteiger partial charge is 0.338 e. The molecule has 8 heteroatoms. The second-order valence-corrected chi connectivity index (χ2v) is 6.99. The van der Waals surface area contributed by atoms with Crippen molar-refractivity contribution in [2.45, 2.75) is 27.3 Å². The first-order chi connectivity index (χ1) is 14.4. The van der Waals surface area contributed by atoms with Crippen LogP contribution < -0.4 is 10.6 Å². The molecule has 156 valence electrons. The van der Waals surface area contributed by atoms with Crippen LogP contribution in [0.25, 0.3) is 11.4 Å². The van der Waals surface area contributed by atoms with Gasteiger partial charge < -0.3 is 15.2 Å². The van der Waals surface area contributed by atoms with Gasteiger partial charge in [-0.1, -0.05) is 41.9 Å². The SMILES string of the molecule is CCN(CC(=O)Nc1ccc(NC(C)=O)cc1)Cc1nc(-c2ccc(C)cc2)no1. The molecule has 1 aromatic heterocycles. The fourth-order valence-electron chi connectivity index (χ4n) is 2.85. The van der Waals surface area contributed by atoms with Crippen LogP contribution in [-0.4, -0.2) is 39.9 Å². The van der Waals surface area contributed by atoms with E-state index < -0.39 is 0 Å². The maximum absolute atomic E-state index is 12.4. The van der Waals surface area contributed by atoms with Gasteiger partial charge in [0.2, 0.25) is 23.5 Å². The van der Waals surface area contributed by atoms with Gasteiger partial charge in [-0.05, 0) is 37.7 Å². The summed E-state index contributed by atoms with van der Waals surface area (Å²) in [6.07, 6.45) is 0. The maximum Gasteiger partial charge on any atom is 0.241 e. The highest BCUT2D eigenvalue weighted by Crippen LogP contribution is 2.17. The monoisotopic (exact) mass is 407 g/mol. The van der Waals surface area contributed by atoms with E-state index in [2.05, 4.69) is 20.8 Å². The van der Waals surface area contributed by atoms with Crippen LogP contribution in [-0.2, 0) is 16.1 Å². The first-order valence-electron chi connectivity index (χ1n) is 9.72. The first kappa shape index (κ1) is 21.2. The van der Waals surface area contributed by atoms with E-state index in [4.69, 9.17) is 4.52 Å². The Morgan fingerprint density at radius 1 is 1.00 bits per heavy atom. The van der Waals surface area contributed by atoms with E-state index in [1.54, 1.807) is 24.3 Å². The van der Waals surface area contributed by atoms with Gasteiger partial charge in [-0.25, -0.2) is 0 Å². The Labute approximate surface area is 175 Å². The molecule has 0 fully saturated rings. The molecule has 0 saturated carbocycles. The summed E-state index contributed by atoms with van der Waals surface area (Å²) < 4.78 is 5.36. The molecule has 0 saturated heterocycles. The molecule has 8 nitrogen and oxygen atoms in total. The van der Waals surface area contributed by atoms with Crippen molar-refractivity contribution in [1.29, 1.82) is 0 Å². The van der Waals surface area contributed by atoms with Crippen LogP contribution in [0.15, 0.2) is 53.1 Å². The summed E-state index contributed by atoms with van der Waals surface area (Å²) in [5.74, 6) is 0.698. The van der Waals surface area contributed by atoms with E-state index in [0.29, 0.717) is 36.2 Å². The number of aryl methyl sites for hydroxylation is 1. The molecule has 0 atom stereocenters. The average molecular weight is 407 g/mol. The zero-order valence-corrected chi connectivity index (χ0v) is 17.3. The summed E-state index contributed by atoms with van der Waals surface area (Å²) in [5.41, 5.74) is 3.38. The number of nitrogens with one attached hydrogen (secondary N) is 2. The van der Waals surface area contributed by atoms with E-state index >= 15 is 0 Å². The molecule has 3 aromatic rings. The highest BCUT2D eigenvalue weighted by Gasteiger charge is 2.15. The highest BCUT2D eigenvalue weighted by atomic mass is 16.5. The minimum atomic E-state index is -0.151. The molecule has 2 aromatic carbocycles. The van der Waals surface area contributed by atoms with Gasteiger partial charge in [0.05, 0.1) is 13.1 Å². The molecule has 1 heterocycles.